The van der Waals surface area contributed by atoms with Crippen molar-refractivity contribution < 1.29 is 43.7 Å². The minimum absolute atomic E-state index is 0.833. The molecule has 0 aromatic heterocycles. The zero-order valence-corrected chi connectivity index (χ0v) is 17.1. The number of allylic oxidation sites excluding steroid dienone is 4. The van der Waals surface area contributed by atoms with E-state index in [0.717, 1.165) is 20.8 Å². The molecule has 0 aliphatic heterocycles. The summed E-state index contributed by atoms with van der Waals surface area (Å²) in [5.41, 5.74) is 0. The number of carbonyl (C=O) groups is 3. The standard InChI is InChI=1S/C5H5.3C2H4O2.5CH3.Ti/c1-2-4-5-3-1;3*1-2(3)4;;;;;;/h1-3H,4H2;3*1H3,(H,3,4);5*1H3;. The second-order valence-corrected chi connectivity index (χ2v) is 29.7. The van der Waals surface area contributed by atoms with Gasteiger partial charge >= 0.3 is 68.7 Å². The molecule has 0 radical (unpaired) electrons. The van der Waals surface area contributed by atoms with Crippen LogP contribution in [0.1, 0.15) is 27.2 Å². The molecule has 0 aromatic rings. The second-order valence-electron chi connectivity index (χ2n) is 9.13. The Labute approximate surface area is 137 Å². The van der Waals surface area contributed by atoms with E-state index >= 15 is 0 Å². The van der Waals surface area contributed by atoms with Crippen molar-refractivity contribution >= 4 is 17.9 Å². The molecule has 0 atom stereocenters. The maximum atomic E-state index is 9.00. The van der Waals surface area contributed by atoms with E-state index in [1.165, 1.54) is 6.42 Å². The Morgan fingerprint density at radius 3 is 1.17 bits per heavy atom. The van der Waals surface area contributed by atoms with Gasteiger partial charge < -0.3 is 15.3 Å². The summed E-state index contributed by atoms with van der Waals surface area (Å²) in [7, 11) is 0. The third-order valence-electron chi connectivity index (χ3n) is 2.38. The summed E-state index contributed by atoms with van der Waals surface area (Å²) in [5.74, 6) is -2.50. The normalized spacial score (nSPS) is 14.9. The Morgan fingerprint density at radius 2 is 1.09 bits per heavy atom. The first-order valence-corrected chi connectivity index (χ1v) is 15.8. The number of rotatable bonds is 1. The van der Waals surface area contributed by atoms with Crippen LogP contribution in [0, 0.1) is 0 Å². The third-order valence-corrected chi connectivity index (χ3v) is 7.97. The van der Waals surface area contributed by atoms with Gasteiger partial charge in [0.1, 0.15) is 0 Å². The Kier molecular flexibility index (Phi) is 10.4. The van der Waals surface area contributed by atoms with Crippen LogP contribution < -0.4 is 0 Å². The molecular formula is C16H32O6Ti. The molecule has 0 aromatic carbocycles. The Bertz CT molecular complexity index is 439. The van der Waals surface area contributed by atoms with Crippen molar-refractivity contribution in [2.75, 3.05) is 0 Å². The number of hydrogen-bond donors (Lipinski definition) is 3. The Balaban J connectivity index is -0.000000278. The van der Waals surface area contributed by atoms with E-state index in [1.54, 1.807) is 3.88 Å². The quantitative estimate of drug-likeness (QED) is 0.585. The molecule has 0 saturated carbocycles. The zero-order chi connectivity index (χ0) is 19.5. The van der Waals surface area contributed by atoms with Gasteiger partial charge in [-0.05, 0) is 0 Å². The molecular weight excluding hydrogens is 336 g/mol. The van der Waals surface area contributed by atoms with E-state index < -0.39 is 31.9 Å². The summed E-state index contributed by atoms with van der Waals surface area (Å²) in [6.45, 7) is 3.25. The minimum atomic E-state index is -2.61. The molecule has 6 nitrogen and oxygen atoms in total. The zero-order valence-electron chi connectivity index (χ0n) is 15.5. The monoisotopic (exact) mass is 368 g/mol. The van der Waals surface area contributed by atoms with E-state index in [2.05, 4.69) is 44.4 Å². The van der Waals surface area contributed by atoms with Gasteiger partial charge in [-0.1, -0.05) is 0 Å². The molecule has 0 amide bonds. The van der Waals surface area contributed by atoms with Gasteiger partial charge in [-0.2, -0.15) is 0 Å². The van der Waals surface area contributed by atoms with Crippen molar-refractivity contribution in [2.24, 2.45) is 0 Å². The van der Waals surface area contributed by atoms with Gasteiger partial charge in [0, 0.05) is 20.8 Å². The Hall–Kier alpha value is -1.40. The molecule has 3 N–H and O–H groups in total. The molecule has 1 aliphatic carbocycles. The summed E-state index contributed by atoms with van der Waals surface area (Å²) in [6.07, 6.45) is 7.98. The Morgan fingerprint density at radius 1 is 0.826 bits per heavy atom. The molecule has 0 fully saturated rings. The summed E-state index contributed by atoms with van der Waals surface area (Å²) < 4.78 is 1.70. The van der Waals surface area contributed by atoms with E-state index in [-0.39, 0.29) is 0 Å². The van der Waals surface area contributed by atoms with Gasteiger partial charge in [-0.3, -0.25) is 14.4 Å². The molecule has 0 saturated heterocycles. The molecule has 0 heterocycles. The number of carboxylic acids is 3. The van der Waals surface area contributed by atoms with Crippen molar-refractivity contribution in [3.05, 3.63) is 22.1 Å². The average Bonchev–Trinajstić information content (AvgIpc) is 2.62. The van der Waals surface area contributed by atoms with Gasteiger partial charge in [0.15, 0.2) is 0 Å². The van der Waals surface area contributed by atoms with E-state index in [1.807, 2.05) is 0 Å². The van der Waals surface area contributed by atoms with Crippen molar-refractivity contribution in [2.45, 2.75) is 53.3 Å². The fourth-order valence-corrected chi connectivity index (χ4v) is 4.60. The summed E-state index contributed by atoms with van der Waals surface area (Å²) >= 11 is -2.61. The van der Waals surface area contributed by atoms with Crippen molar-refractivity contribution in [3.63, 3.8) is 0 Å². The second kappa shape index (κ2) is 9.04. The van der Waals surface area contributed by atoms with Crippen LogP contribution >= 0.6 is 0 Å². The number of aliphatic carboxylic acids is 3. The van der Waals surface area contributed by atoms with Crippen LogP contribution in [0.5, 0.6) is 0 Å². The van der Waals surface area contributed by atoms with Crippen molar-refractivity contribution in [3.8, 4) is 0 Å². The van der Waals surface area contributed by atoms with Crippen LogP contribution in [0.2, 0.25) is 26.1 Å². The topological polar surface area (TPSA) is 112 Å². The van der Waals surface area contributed by atoms with E-state index in [0.29, 0.717) is 0 Å². The van der Waals surface area contributed by atoms with E-state index in [4.69, 9.17) is 29.7 Å². The first kappa shape index (κ1) is 26.5. The van der Waals surface area contributed by atoms with Crippen LogP contribution in [0.3, 0.4) is 0 Å². The fraction of sp³-hybridized carbons (Fsp3) is 0.562. The van der Waals surface area contributed by atoms with Gasteiger partial charge in [0.05, 0.1) is 0 Å². The first-order chi connectivity index (χ1) is 9.79. The molecule has 0 spiro atoms. The van der Waals surface area contributed by atoms with Crippen LogP contribution in [0.15, 0.2) is 22.1 Å². The van der Waals surface area contributed by atoms with Crippen molar-refractivity contribution in [1.29, 1.82) is 0 Å². The van der Waals surface area contributed by atoms with Crippen LogP contribution in [-0.4, -0.2) is 33.2 Å². The SMILES string of the molecule is CC(=O)O.CC(=O)O.CC(=O)O.[CH3][Ti]([CH3])([CH3])([CH3])([CH3])[C]1=CC=CC1. The predicted molar refractivity (Wildman–Crippen MR) is 91.1 cm³/mol. The van der Waals surface area contributed by atoms with Gasteiger partial charge in [0.25, 0.3) is 17.9 Å². The van der Waals surface area contributed by atoms with Crippen LogP contribution in [0.25, 0.3) is 0 Å². The predicted octanol–water partition coefficient (Wildman–Crippen LogP) is 4.57. The fourth-order valence-electron chi connectivity index (χ4n) is 1.37. The molecule has 1 aliphatic rings. The summed E-state index contributed by atoms with van der Waals surface area (Å²) in [6, 6.07) is 0. The molecule has 23 heavy (non-hydrogen) atoms. The van der Waals surface area contributed by atoms with Gasteiger partial charge in [0.2, 0.25) is 0 Å². The van der Waals surface area contributed by atoms with Crippen LogP contribution in [-0.2, 0) is 28.4 Å². The summed E-state index contributed by atoms with van der Waals surface area (Å²) in [5, 5.41) is 34.7. The molecule has 1 rings (SSSR count). The summed E-state index contributed by atoms with van der Waals surface area (Å²) in [4.78, 5) is 27.0. The van der Waals surface area contributed by atoms with Crippen LogP contribution in [0.4, 0.5) is 0 Å². The molecule has 0 unspecified atom stereocenters. The third kappa shape index (κ3) is 29.3. The van der Waals surface area contributed by atoms with E-state index in [9.17, 15) is 0 Å². The first-order valence-electron chi connectivity index (χ1n) is 7.25. The number of carboxylic acid groups (broad SMARTS) is 3. The molecule has 0 bridgehead atoms. The molecule has 136 valence electrons. The maximum absolute atomic E-state index is 9.00. The molecule has 7 heteroatoms. The average molecular weight is 368 g/mol. The number of hydrogen-bond acceptors (Lipinski definition) is 3. The van der Waals surface area contributed by atoms with Gasteiger partial charge in [-0.15, -0.1) is 0 Å². The van der Waals surface area contributed by atoms with Gasteiger partial charge in [-0.25, -0.2) is 0 Å². The van der Waals surface area contributed by atoms with Crippen molar-refractivity contribution in [1.82, 2.24) is 0 Å².